The molecule has 3 rings (SSSR count). The number of hydrogen-bond donors (Lipinski definition) is 1. The van der Waals surface area contributed by atoms with E-state index < -0.39 is 0 Å². The number of rotatable bonds is 4. The van der Waals surface area contributed by atoms with E-state index in [0.717, 1.165) is 5.76 Å². The molecule has 3 aromatic rings. The standard InChI is InChI=1S/C14H11BrFN3O/c15-13-4-2-10(20-13)5-6-17-14-11-7-9(16)1-3-12(11)18-8-19-14/h1-4,7-8H,5-6H2,(H,17,18,19). The average Bonchev–Trinajstić information content (AvgIpc) is 2.85. The van der Waals surface area contributed by atoms with Crippen LogP contribution in [0.15, 0.2) is 45.7 Å². The van der Waals surface area contributed by atoms with Crippen LogP contribution in [0, 0.1) is 5.82 Å². The first-order valence-corrected chi connectivity index (χ1v) is 6.90. The first-order valence-electron chi connectivity index (χ1n) is 6.11. The average molecular weight is 336 g/mol. The lowest BCUT2D eigenvalue weighted by Gasteiger charge is -2.07. The SMILES string of the molecule is Fc1ccc2ncnc(NCCc3ccc(Br)o3)c2c1. The van der Waals surface area contributed by atoms with Crippen LogP contribution >= 0.6 is 15.9 Å². The topological polar surface area (TPSA) is 51.0 Å². The fraction of sp³-hybridized carbons (Fsp3) is 0.143. The Bertz CT molecular complexity index is 744. The fourth-order valence-electron chi connectivity index (χ4n) is 1.96. The van der Waals surface area contributed by atoms with Crippen molar-refractivity contribution in [2.45, 2.75) is 6.42 Å². The van der Waals surface area contributed by atoms with Crippen LogP contribution < -0.4 is 5.32 Å². The third-order valence-corrected chi connectivity index (χ3v) is 3.32. The quantitative estimate of drug-likeness (QED) is 0.788. The number of fused-ring (bicyclic) bond motifs is 1. The number of furan rings is 1. The minimum absolute atomic E-state index is 0.301. The minimum Gasteiger partial charge on any atom is -0.454 e. The highest BCUT2D eigenvalue weighted by molar-refractivity contribution is 9.10. The van der Waals surface area contributed by atoms with Gasteiger partial charge < -0.3 is 9.73 Å². The van der Waals surface area contributed by atoms with Crippen molar-refractivity contribution in [3.8, 4) is 0 Å². The summed E-state index contributed by atoms with van der Waals surface area (Å²) in [4.78, 5) is 8.27. The summed E-state index contributed by atoms with van der Waals surface area (Å²) in [6.45, 7) is 0.641. The minimum atomic E-state index is -0.301. The third kappa shape index (κ3) is 2.80. The van der Waals surface area contributed by atoms with Gasteiger partial charge in [0.2, 0.25) is 0 Å². The lowest BCUT2D eigenvalue weighted by molar-refractivity contribution is 0.491. The van der Waals surface area contributed by atoms with E-state index in [1.807, 2.05) is 12.1 Å². The Morgan fingerprint density at radius 1 is 1.20 bits per heavy atom. The van der Waals surface area contributed by atoms with Crippen molar-refractivity contribution in [2.24, 2.45) is 0 Å². The van der Waals surface area contributed by atoms with E-state index in [2.05, 4.69) is 31.2 Å². The summed E-state index contributed by atoms with van der Waals surface area (Å²) in [7, 11) is 0. The van der Waals surface area contributed by atoms with E-state index in [0.29, 0.717) is 34.4 Å². The molecule has 1 N–H and O–H groups in total. The molecule has 102 valence electrons. The molecular formula is C14H11BrFN3O. The molecule has 4 nitrogen and oxygen atoms in total. The van der Waals surface area contributed by atoms with Crippen molar-refractivity contribution in [1.29, 1.82) is 0 Å². The number of halogens is 2. The Kier molecular flexibility index (Phi) is 3.64. The van der Waals surface area contributed by atoms with Gasteiger partial charge in [0.05, 0.1) is 5.52 Å². The van der Waals surface area contributed by atoms with Gasteiger partial charge in [-0.15, -0.1) is 0 Å². The first-order chi connectivity index (χ1) is 9.72. The summed E-state index contributed by atoms with van der Waals surface area (Å²) in [5, 5.41) is 3.85. The number of nitrogens with zero attached hydrogens (tertiary/aromatic N) is 2. The second kappa shape index (κ2) is 5.58. The van der Waals surface area contributed by atoms with Gasteiger partial charge in [0, 0.05) is 18.4 Å². The number of hydrogen-bond acceptors (Lipinski definition) is 4. The van der Waals surface area contributed by atoms with E-state index in [-0.39, 0.29) is 5.82 Å². The summed E-state index contributed by atoms with van der Waals surface area (Å²) in [5.41, 5.74) is 0.713. The molecule has 20 heavy (non-hydrogen) atoms. The number of aromatic nitrogens is 2. The predicted octanol–water partition coefficient (Wildman–Crippen LogP) is 3.78. The maximum Gasteiger partial charge on any atom is 0.169 e. The van der Waals surface area contributed by atoms with Gasteiger partial charge in [-0.25, -0.2) is 14.4 Å². The molecule has 6 heteroatoms. The zero-order valence-corrected chi connectivity index (χ0v) is 12.0. The van der Waals surface area contributed by atoms with Crippen molar-refractivity contribution in [3.63, 3.8) is 0 Å². The molecule has 0 aliphatic heterocycles. The zero-order valence-electron chi connectivity index (χ0n) is 10.4. The molecule has 0 saturated heterocycles. The Labute approximate surface area is 123 Å². The second-order valence-corrected chi connectivity index (χ2v) is 5.05. The van der Waals surface area contributed by atoms with E-state index in [1.54, 1.807) is 6.07 Å². The molecule has 0 amide bonds. The van der Waals surface area contributed by atoms with E-state index >= 15 is 0 Å². The van der Waals surface area contributed by atoms with Crippen molar-refractivity contribution in [1.82, 2.24) is 9.97 Å². The third-order valence-electron chi connectivity index (χ3n) is 2.89. The van der Waals surface area contributed by atoms with E-state index in [9.17, 15) is 4.39 Å². The molecule has 2 aromatic heterocycles. The van der Waals surface area contributed by atoms with E-state index in [1.165, 1.54) is 18.5 Å². The lowest BCUT2D eigenvalue weighted by atomic mass is 10.2. The highest BCUT2D eigenvalue weighted by Crippen LogP contribution is 2.20. The normalized spacial score (nSPS) is 10.9. The number of nitrogens with one attached hydrogen (secondary N) is 1. The largest absolute Gasteiger partial charge is 0.454 e. The molecule has 0 atom stereocenters. The van der Waals surface area contributed by atoms with Gasteiger partial charge in [0.25, 0.3) is 0 Å². The Balaban J connectivity index is 1.75. The zero-order chi connectivity index (χ0) is 13.9. The van der Waals surface area contributed by atoms with E-state index in [4.69, 9.17) is 4.42 Å². The Hall–Kier alpha value is -1.95. The smallest absolute Gasteiger partial charge is 0.169 e. The van der Waals surface area contributed by atoms with Crippen LogP contribution in [0.5, 0.6) is 0 Å². The highest BCUT2D eigenvalue weighted by Gasteiger charge is 2.05. The van der Waals surface area contributed by atoms with Crippen LogP contribution in [0.1, 0.15) is 5.76 Å². The van der Waals surface area contributed by atoms with Crippen molar-refractivity contribution in [3.05, 3.63) is 52.9 Å². The monoisotopic (exact) mass is 335 g/mol. The first kappa shape index (κ1) is 13.1. The van der Waals surface area contributed by atoms with Gasteiger partial charge in [-0.1, -0.05) is 0 Å². The fourth-order valence-corrected chi connectivity index (χ4v) is 2.30. The summed E-state index contributed by atoms with van der Waals surface area (Å²) in [5.74, 6) is 1.19. The second-order valence-electron chi connectivity index (χ2n) is 4.27. The summed E-state index contributed by atoms with van der Waals surface area (Å²) in [6, 6.07) is 8.22. The molecule has 0 aliphatic rings. The Morgan fingerprint density at radius 2 is 2.10 bits per heavy atom. The maximum absolute atomic E-state index is 13.3. The molecule has 0 aliphatic carbocycles. The summed E-state index contributed by atoms with van der Waals surface area (Å²) >= 11 is 3.26. The van der Waals surface area contributed by atoms with Gasteiger partial charge in [0.15, 0.2) is 4.67 Å². The molecule has 0 fully saturated rings. The molecule has 0 unspecified atom stereocenters. The van der Waals surface area contributed by atoms with Crippen molar-refractivity contribution < 1.29 is 8.81 Å². The van der Waals surface area contributed by atoms with Crippen LogP contribution in [0.3, 0.4) is 0 Å². The number of anilines is 1. The predicted molar refractivity (Wildman–Crippen MR) is 78.1 cm³/mol. The molecule has 0 bridgehead atoms. The Morgan fingerprint density at radius 3 is 2.90 bits per heavy atom. The lowest BCUT2D eigenvalue weighted by Crippen LogP contribution is -2.06. The van der Waals surface area contributed by atoms with Crippen LogP contribution in [0.4, 0.5) is 10.2 Å². The molecule has 0 saturated carbocycles. The van der Waals surface area contributed by atoms with Gasteiger partial charge in [0.1, 0.15) is 23.7 Å². The molecule has 0 radical (unpaired) electrons. The van der Waals surface area contributed by atoms with Gasteiger partial charge in [-0.3, -0.25) is 0 Å². The molecule has 0 spiro atoms. The molecule has 1 aromatic carbocycles. The summed E-state index contributed by atoms with van der Waals surface area (Å²) < 4.78 is 19.4. The van der Waals surface area contributed by atoms with Gasteiger partial charge in [-0.2, -0.15) is 0 Å². The highest BCUT2D eigenvalue weighted by atomic mass is 79.9. The van der Waals surface area contributed by atoms with Crippen molar-refractivity contribution >= 4 is 32.7 Å². The van der Waals surface area contributed by atoms with Gasteiger partial charge >= 0.3 is 0 Å². The number of benzene rings is 1. The van der Waals surface area contributed by atoms with Crippen molar-refractivity contribution in [2.75, 3.05) is 11.9 Å². The van der Waals surface area contributed by atoms with Gasteiger partial charge in [-0.05, 0) is 46.3 Å². The van der Waals surface area contributed by atoms with Crippen LogP contribution in [-0.4, -0.2) is 16.5 Å². The maximum atomic E-state index is 13.3. The molecule has 2 heterocycles. The van der Waals surface area contributed by atoms with Crippen LogP contribution in [0.25, 0.3) is 10.9 Å². The van der Waals surface area contributed by atoms with Crippen LogP contribution in [-0.2, 0) is 6.42 Å². The van der Waals surface area contributed by atoms with Crippen LogP contribution in [0.2, 0.25) is 0 Å². The molecular weight excluding hydrogens is 325 g/mol. The summed E-state index contributed by atoms with van der Waals surface area (Å²) in [6.07, 6.45) is 2.18.